The molecule has 1 N–H and O–H groups in total. The Balaban J connectivity index is 1.50. The number of carbonyl (C=O) groups is 1. The molecule has 0 saturated carbocycles. The number of aromatic nitrogens is 3. The van der Waals surface area contributed by atoms with E-state index in [4.69, 9.17) is 0 Å². The van der Waals surface area contributed by atoms with E-state index in [1.165, 1.54) is 5.56 Å². The van der Waals surface area contributed by atoms with Gasteiger partial charge in [0.2, 0.25) is 5.91 Å². The smallest absolute Gasteiger partial charge is 0.229 e. The molecule has 3 heterocycles. The van der Waals surface area contributed by atoms with Gasteiger partial charge < -0.3 is 10.2 Å². The molecule has 1 unspecified atom stereocenters. The molecule has 1 saturated heterocycles. The summed E-state index contributed by atoms with van der Waals surface area (Å²) in [5.74, 6) is 1.04. The minimum atomic E-state index is -0.0335. The fourth-order valence-electron chi connectivity index (χ4n) is 3.34. The van der Waals surface area contributed by atoms with E-state index in [-0.39, 0.29) is 11.8 Å². The van der Waals surface area contributed by atoms with Crippen LogP contribution in [-0.4, -0.2) is 33.6 Å². The van der Waals surface area contributed by atoms with Gasteiger partial charge in [0.15, 0.2) is 5.65 Å². The zero-order chi connectivity index (χ0) is 17.2. The Bertz CT molecular complexity index is 886. The number of hydrogen-bond acceptors (Lipinski definition) is 4. The molecule has 1 aliphatic heterocycles. The largest absolute Gasteiger partial charge is 0.356 e. The third-order valence-electron chi connectivity index (χ3n) is 4.71. The predicted molar refractivity (Wildman–Crippen MR) is 97.7 cm³/mol. The molecule has 1 aliphatic rings. The SMILES string of the molecule is Cc1ccc(NC(=O)C2CCCN(c3ccnc4ccnn34)C2)cc1. The van der Waals surface area contributed by atoms with Crippen LogP contribution in [0, 0.1) is 12.8 Å². The number of benzene rings is 1. The molecule has 6 heteroatoms. The van der Waals surface area contributed by atoms with Crippen molar-refractivity contribution in [2.75, 3.05) is 23.3 Å². The van der Waals surface area contributed by atoms with Crippen molar-refractivity contribution < 1.29 is 4.79 Å². The summed E-state index contributed by atoms with van der Waals surface area (Å²) >= 11 is 0. The standard InChI is InChI=1S/C19H21N5O/c1-14-4-6-16(7-5-14)22-19(25)15-3-2-12-23(13-15)18-9-10-20-17-8-11-21-24(17)18/h4-11,15H,2-3,12-13H2,1H3,(H,22,25). The summed E-state index contributed by atoms with van der Waals surface area (Å²) in [7, 11) is 0. The van der Waals surface area contributed by atoms with Gasteiger partial charge in [-0.2, -0.15) is 9.61 Å². The van der Waals surface area contributed by atoms with E-state index in [2.05, 4.69) is 20.3 Å². The van der Waals surface area contributed by atoms with Gasteiger partial charge in [-0.1, -0.05) is 17.7 Å². The van der Waals surface area contributed by atoms with E-state index in [0.29, 0.717) is 6.54 Å². The lowest BCUT2D eigenvalue weighted by Crippen LogP contribution is -2.41. The van der Waals surface area contributed by atoms with Crippen LogP contribution in [-0.2, 0) is 4.79 Å². The molecule has 1 atom stereocenters. The summed E-state index contributed by atoms with van der Waals surface area (Å²) < 4.78 is 1.83. The van der Waals surface area contributed by atoms with Crippen LogP contribution >= 0.6 is 0 Å². The Hall–Kier alpha value is -2.89. The van der Waals surface area contributed by atoms with Gasteiger partial charge in [0.05, 0.1) is 12.1 Å². The number of rotatable bonds is 3. The van der Waals surface area contributed by atoms with E-state index < -0.39 is 0 Å². The summed E-state index contributed by atoms with van der Waals surface area (Å²) in [6.07, 6.45) is 5.43. The highest BCUT2D eigenvalue weighted by atomic mass is 16.1. The van der Waals surface area contributed by atoms with Crippen molar-refractivity contribution in [1.82, 2.24) is 14.6 Å². The first-order chi connectivity index (χ1) is 12.2. The molecule has 1 fully saturated rings. The number of piperidine rings is 1. The molecular formula is C19H21N5O. The average molecular weight is 335 g/mol. The molecule has 0 bridgehead atoms. The van der Waals surface area contributed by atoms with Crippen molar-refractivity contribution in [3.8, 4) is 0 Å². The minimum absolute atomic E-state index is 0.0335. The van der Waals surface area contributed by atoms with Crippen LogP contribution in [0.4, 0.5) is 11.5 Å². The zero-order valence-electron chi connectivity index (χ0n) is 14.2. The van der Waals surface area contributed by atoms with E-state index in [0.717, 1.165) is 36.5 Å². The van der Waals surface area contributed by atoms with Crippen molar-refractivity contribution in [3.63, 3.8) is 0 Å². The quantitative estimate of drug-likeness (QED) is 0.799. The lowest BCUT2D eigenvalue weighted by molar-refractivity contribution is -0.120. The maximum atomic E-state index is 12.7. The van der Waals surface area contributed by atoms with Crippen molar-refractivity contribution in [1.29, 1.82) is 0 Å². The highest BCUT2D eigenvalue weighted by Crippen LogP contribution is 2.24. The van der Waals surface area contributed by atoms with Gasteiger partial charge in [0.25, 0.3) is 0 Å². The normalized spacial score (nSPS) is 17.6. The lowest BCUT2D eigenvalue weighted by Gasteiger charge is -2.33. The second-order valence-electron chi connectivity index (χ2n) is 6.54. The molecule has 4 rings (SSSR count). The third-order valence-corrected chi connectivity index (χ3v) is 4.71. The maximum absolute atomic E-state index is 12.7. The van der Waals surface area contributed by atoms with Crippen molar-refractivity contribution in [3.05, 3.63) is 54.4 Å². The minimum Gasteiger partial charge on any atom is -0.356 e. The van der Waals surface area contributed by atoms with Crippen LogP contribution < -0.4 is 10.2 Å². The Morgan fingerprint density at radius 2 is 2.00 bits per heavy atom. The van der Waals surface area contributed by atoms with Crippen LogP contribution in [0.3, 0.4) is 0 Å². The van der Waals surface area contributed by atoms with Gasteiger partial charge in [-0.15, -0.1) is 0 Å². The topological polar surface area (TPSA) is 62.5 Å². The molecule has 2 aromatic heterocycles. The summed E-state index contributed by atoms with van der Waals surface area (Å²) in [5, 5.41) is 7.39. The molecule has 6 nitrogen and oxygen atoms in total. The first-order valence-electron chi connectivity index (χ1n) is 8.62. The number of carbonyl (C=O) groups excluding carboxylic acids is 1. The fourth-order valence-corrected chi connectivity index (χ4v) is 3.34. The van der Waals surface area contributed by atoms with Crippen LogP contribution in [0.5, 0.6) is 0 Å². The molecule has 128 valence electrons. The zero-order valence-corrected chi connectivity index (χ0v) is 14.2. The van der Waals surface area contributed by atoms with Crippen LogP contribution in [0.25, 0.3) is 5.65 Å². The molecule has 1 aromatic carbocycles. The number of hydrogen-bond donors (Lipinski definition) is 1. The molecule has 0 spiro atoms. The van der Waals surface area contributed by atoms with Gasteiger partial charge in [0.1, 0.15) is 5.82 Å². The molecule has 3 aromatic rings. The Morgan fingerprint density at radius 3 is 2.84 bits per heavy atom. The monoisotopic (exact) mass is 335 g/mol. The van der Waals surface area contributed by atoms with Gasteiger partial charge in [0, 0.05) is 31.0 Å². The lowest BCUT2D eigenvalue weighted by atomic mass is 9.97. The van der Waals surface area contributed by atoms with Gasteiger partial charge in [-0.05, 0) is 38.0 Å². The Labute approximate surface area is 146 Å². The van der Waals surface area contributed by atoms with E-state index >= 15 is 0 Å². The molecule has 0 aliphatic carbocycles. The first-order valence-corrected chi connectivity index (χ1v) is 8.62. The molecule has 0 radical (unpaired) electrons. The first kappa shape index (κ1) is 15.6. The Kier molecular flexibility index (Phi) is 4.09. The summed E-state index contributed by atoms with van der Waals surface area (Å²) in [6, 6.07) is 11.8. The maximum Gasteiger partial charge on any atom is 0.229 e. The summed E-state index contributed by atoms with van der Waals surface area (Å²) in [4.78, 5) is 19.2. The molecule has 25 heavy (non-hydrogen) atoms. The predicted octanol–water partition coefficient (Wildman–Crippen LogP) is 2.89. The highest BCUT2D eigenvalue weighted by molar-refractivity contribution is 5.93. The second kappa shape index (κ2) is 6.55. The highest BCUT2D eigenvalue weighted by Gasteiger charge is 2.27. The number of anilines is 2. The number of nitrogens with zero attached hydrogens (tertiary/aromatic N) is 4. The molecule has 1 amide bonds. The van der Waals surface area contributed by atoms with Crippen molar-refractivity contribution >= 4 is 23.1 Å². The summed E-state index contributed by atoms with van der Waals surface area (Å²) in [6.45, 7) is 3.65. The number of amides is 1. The van der Waals surface area contributed by atoms with Crippen molar-refractivity contribution in [2.24, 2.45) is 5.92 Å². The number of fused-ring (bicyclic) bond motifs is 1. The second-order valence-corrected chi connectivity index (χ2v) is 6.54. The van der Waals surface area contributed by atoms with E-state index in [1.807, 2.05) is 47.8 Å². The van der Waals surface area contributed by atoms with Gasteiger partial charge in [-0.3, -0.25) is 4.79 Å². The van der Waals surface area contributed by atoms with E-state index in [1.54, 1.807) is 12.4 Å². The van der Waals surface area contributed by atoms with Crippen LogP contribution in [0.15, 0.2) is 48.8 Å². The number of aryl methyl sites for hydroxylation is 1. The van der Waals surface area contributed by atoms with Crippen molar-refractivity contribution in [2.45, 2.75) is 19.8 Å². The van der Waals surface area contributed by atoms with Gasteiger partial charge >= 0.3 is 0 Å². The van der Waals surface area contributed by atoms with Crippen LogP contribution in [0.1, 0.15) is 18.4 Å². The average Bonchev–Trinajstić information content (AvgIpc) is 3.12. The Morgan fingerprint density at radius 1 is 1.16 bits per heavy atom. The third kappa shape index (κ3) is 3.20. The van der Waals surface area contributed by atoms with Gasteiger partial charge in [-0.25, -0.2) is 4.98 Å². The molecular weight excluding hydrogens is 314 g/mol. The summed E-state index contributed by atoms with van der Waals surface area (Å²) in [5.41, 5.74) is 2.86. The number of nitrogens with one attached hydrogen (secondary N) is 1. The fraction of sp³-hybridized carbons (Fsp3) is 0.316. The van der Waals surface area contributed by atoms with Crippen LogP contribution in [0.2, 0.25) is 0 Å². The van der Waals surface area contributed by atoms with E-state index in [9.17, 15) is 4.79 Å².